The van der Waals surface area contributed by atoms with Crippen LogP contribution in [0.2, 0.25) is 0 Å². The van der Waals surface area contributed by atoms with Gasteiger partial charge < -0.3 is 14.8 Å². The number of sulfonamides is 1. The SMILES string of the molecule is Cc1csc(CCCCNC(=O)CCCCCNS(=O)(=O)c2ccc3c(c2)OCCO3)n1. The lowest BCUT2D eigenvalue weighted by Crippen LogP contribution is -2.25. The van der Waals surface area contributed by atoms with Crippen molar-refractivity contribution in [3.8, 4) is 11.5 Å². The van der Waals surface area contributed by atoms with E-state index in [1.807, 2.05) is 6.92 Å². The summed E-state index contributed by atoms with van der Waals surface area (Å²) in [6.45, 7) is 3.87. The molecule has 0 saturated heterocycles. The molecule has 0 bridgehead atoms. The number of aryl methyl sites for hydroxylation is 2. The maximum absolute atomic E-state index is 12.4. The molecular formula is C22H31N3O5S2. The lowest BCUT2D eigenvalue weighted by atomic mass is 10.2. The minimum absolute atomic E-state index is 0.0481. The summed E-state index contributed by atoms with van der Waals surface area (Å²) in [5.41, 5.74) is 1.06. The molecule has 10 heteroatoms. The van der Waals surface area contributed by atoms with Crippen molar-refractivity contribution in [2.24, 2.45) is 0 Å². The van der Waals surface area contributed by atoms with E-state index in [0.29, 0.717) is 50.6 Å². The number of nitrogens with zero attached hydrogens (tertiary/aromatic N) is 1. The Kier molecular flexibility index (Phi) is 9.31. The van der Waals surface area contributed by atoms with E-state index < -0.39 is 10.0 Å². The third-order valence-electron chi connectivity index (χ3n) is 5.00. The Morgan fingerprint density at radius 2 is 1.84 bits per heavy atom. The predicted molar refractivity (Wildman–Crippen MR) is 124 cm³/mol. The first-order chi connectivity index (χ1) is 15.4. The van der Waals surface area contributed by atoms with Crippen LogP contribution in [0.1, 0.15) is 49.2 Å². The van der Waals surface area contributed by atoms with Gasteiger partial charge in [-0.05, 0) is 51.2 Å². The van der Waals surface area contributed by atoms with E-state index in [4.69, 9.17) is 9.47 Å². The second kappa shape index (κ2) is 12.2. The van der Waals surface area contributed by atoms with Gasteiger partial charge in [-0.3, -0.25) is 4.79 Å². The molecule has 2 N–H and O–H groups in total. The number of carbonyl (C=O) groups excluding carboxylic acids is 1. The van der Waals surface area contributed by atoms with Crippen LogP contribution in [0.15, 0.2) is 28.5 Å². The highest BCUT2D eigenvalue weighted by Gasteiger charge is 2.18. The monoisotopic (exact) mass is 481 g/mol. The molecule has 1 amide bonds. The number of amides is 1. The Morgan fingerprint density at radius 1 is 1.06 bits per heavy atom. The normalized spacial score (nSPS) is 13.2. The van der Waals surface area contributed by atoms with Gasteiger partial charge in [0.05, 0.1) is 9.90 Å². The number of nitrogens with one attached hydrogen (secondary N) is 2. The first-order valence-electron chi connectivity index (χ1n) is 11.0. The number of aromatic nitrogens is 1. The van der Waals surface area contributed by atoms with Crippen LogP contribution in [0.5, 0.6) is 11.5 Å². The van der Waals surface area contributed by atoms with Crippen molar-refractivity contribution in [3.63, 3.8) is 0 Å². The number of thiazole rings is 1. The smallest absolute Gasteiger partial charge is 0.240 e. The van der Waals surface area contributed by atoms with Crippen molar-refractivity contribution in [1.82, 2.24) is 15.0 Å². The maximum atomic E-state index is 12.4. The van der Waals surface area contributed by atoms with E-state index in [1.165, 1.54) is 12.1 Å². The van der Waals surface area contributed by atoms with Crippen molar-refractivity contribution in [2.75, 3.05) is 26.3 Å². The molecule has 176 valence electrons. The van der Waals surface area contributed by atoms with Crippen molar-refractivity contribution in [2.45, 2.75) is 56.8 Å². The van der Waals surface area contributed by atoms with E-state index in [9.17, 15) is 13.2 Å². The molecule has 1 aromatic carbocycles. The molecular weight excluding hydrogens is 450 g/mol. The number of benzene rings is 1. The van der Waals surface area contributed by atoms with Gasteiger partial charge in [0.2, 0.25) is 15.9 Å². The van der Waals surface area contributed by atoms with Crippen LogP contribution in [0.25, 0.3) is 0 Å². The molecule has 1 aliphatic heterocycles. The van der Waals surface area contributed by atoms with Gasteiger partial charge in [0.25, 0.3) is 0 Å². The standard InChI is InChI=1S/C22H31N3O5S2/c1-17-16-31-22(25-17)8-4-6-11-23-21(26)7-3-2-5-12-24-32(27,28)18-9-10-19-20(15-18)30-14-13-29-19/h9-10,15-16,24H,2-8,11-14H2,1H3,(H,23,26). The number of hydrogen-bond donors (Lipinski definition) is 2. The average molecular weight is 482 g/mol. The minimum atomic E-state index is -3.60. The molecule has 0 unspecified atom stereocenters. The van der Waals surface area contributed by atoms with Gasteiger partial charge in [-0.1, -0.05) is 6.42 Å². The Bertz CT molecular complexity index is 991. The number of rotatable bonds is 13. The van der Waals surface area contributed by atoms with Crippen molar-refractivity contribution >= 4 is 27.3 Å². The summed E-state index contributed by atoms with van der Waals surface area (Å²) in [6.07, 6.45) is 5.54. The number of fused-ring (bicyclic) bond motifs is 1. The summed E-state index contributed by atoms with van der Waals surface area (Å²) in [5, 5.41) is 6.15. The maximum Gasteiger partial charge on any atom is 0.240 e. The molecule has 32 heavy (non-hydrogen) atoms. The van der Waals surface area contributed by atoms with Crippen LogP contribution >= 0.6 is 11.3 Å². The van der Waals surface area contributed by atoms with Crippen LogP contribution in [0.4, 0.5) is 0 Å². The molecule has 0 spiro atoms. The lowest BCUT2D eigenvalue weighted by Gasteiger charge is -2.18. The molecule has 1 aliphatic rings. The van der Waals surface area contributed by atoms with Gasteiger partial charge in [-0.15, -0.1) is 11.3 Å². The Morgan fingerprint density at radius 3 is 2.62 bits per heavy atom. The minimum Gasteiger partial charge on any atom is -0.486 e. The molecule has 0 fully saturated rings. The third kappa shape index (κ3) is 7.75. The lowest BCUT2D eigenvalue weighted by molar-refractivity contribution is -0.121. The number of carbonyl (C=O) groups is 1. The molecule has 0 atom stereocenters. The van der Waals surface area contributed by atoms with Crippen LogP contribution in [-0.2, 0) is 21.2 Å². The van der Waals surface area contributed by atoms with E-state index >= 15 is 0 Å². The van der Waals surface area contributed by atoms with Crippen LogP contribution in [0.3, 0.4) is 0 Å². The second-order valence-electron chi connectivity index (χ2n) is 7.70. The van der Waals surface area contributed by atoms with E-state index in [0.717, 1.165) is 42.8 Å². The highest BCUT2D eigenvalue weighted by molar-refractivity contribution is 7.89. The van der Waals surface area contributed by atoms with Gasteiger partial charge in [0.15, 0.2) is 11.5 Å². The molecule has 2 heterocycles. The topological polar surface area (TPSA) is 107 Å². The fraction of sp³-hybridized carbons (Fsp3) is 0.545. The third-order valence-corrected chi connectivity index (χ3v) is 7.49. The zero-order valence-electron chi connectivity index (χ0n) is 18.4. The van der Waals surface area contributed by atoms with Gasteiger partial charge >= 0.3 is 0 Å². The molecule has 2 aromatic rings. The molecule has 1 aromatic heterocycles. The summed E-state index contributed by atoms with van der Waals surface area (Å²) in [5.74, 6) is 1.05. The van der Waals surface area contributed by atoms with Gasteiger partial charge in [0.1, 0.15) is 13.2 Å². The van der Waals surface area contributed by atoms with Crippen LogP contribution in [0, 0.1) is 6.92 Å². The summed E-state index contributed by atoms with van der Waals surface area (Å²) in [4.78, 5) is 16.5. The molecule has 3 rings (SSSR count). The number of hydrogen-bond acceptors (Lipinski definition) is 7. The highest BCUT2D eigenvalue weighted by Crippen LogP contribution is 2.32. The van der Waals surface area contributed by atoms with Gasteiger partial charge in [-0.2, -0.15) is 0 Å². The largest absolute Gasteiger partial charge is 0.486 e. The zero-order chi connectivity index (χ0) is 22.8. The fourth-order valence-corrected chi connectivity index (χ4v) is 5.21. The molecule has 0 aliphatic carbocycles. The summed E-state index contributed by atoms with van der Waals surface area (Å²) >= 11 is 1.69. The average Bonchev–Trinajstić information content (AvgIpc) is 3.20. The first-order valence-corrected chi connectivity index (χ1v) is 13.4. The molecule has 0 radical (unpaired) electrons. The van der Waals surface area contributed by atoms with Crippen molar-refractivity contribution in [3.05, 3.63) is 34.3 Å². The second-order valence-corrected chi connectivity index (χ2v) is 10.4. The predicted octanol–water partition coefficient (Wildman–Crippen LogP) is 3.20. The fourth-order valence-electron chi connectivity index (χ4n) is 3.30. The molecule has 8 nitrogen and oxygen atoms in total. The van der Waals surface area contributed by atoms with Gasteiger partial charge in [-0.25, -0.2) is 18.1 Å². The van der Waals surface area contributed by atoms with Gasteiger partial charge in [0, 0.05) is 36.7 Å². The van der Waals surface area contributed by atoms with Crippen LogP contribution in [-0.4, -0.2) is 45.6 Å². The summed E-state index contributed by atoms with van der Waals surface area (Å²) < 4.78 is 38.4. The van der Waals surface area contributed by atoms with E-state index in [-0.39, 0.29) is 10.8 Å². The Balaban J connectivity index is 1.23. The van der Waals surface area contributed by atoms with E-state index in [2.05, 4.69) is 20.4 Å². The number of unbranched alkanes of at least 4 members (excludes halogenated alkanes) is 3. The van der Waals surface area contributed by atoms with Crippen molar-refractivity contribution < 1.29 is 22.7 Å². The highest BCUT2D eigenvalue weighted by atomic mass is 32.2. The zero-order valence-corrected chi connectivity index (χ0v) is 20.0. The number of ether oxygens (including phenoxy) is 2. The Hall–Kier alpha value is -2.17. The first kappa shape index (κ1) is 24.5. The Labute approximate surface area is 193 Å². The van der Waals surface area contributed by atoms with Crippen LogP contribution < -0.4 is 19.5 Å². The molecule has 0 saturated carbocycles. The summed E-state index contributed by atoms with van der Waals surface area (Å²) in [7, 11) is -3.60. The van der Waals surface area contributed by atoms with E-state index in [1.54, 1.807) is 17.4 Å². The quantitative estimate of drug-likeness (QED) is 0.426. The summed E-state index contributed by atoms with van der Waals surface area (Å²) in [6, 6.07) is 4.61. The van der Waals surface area contributed by atoms with Crippen molar-refractivity contribution in [1.29, 1.82) is 0 Å².